The Kier molecular flexibility index (Phi) is 3.13. The highest BCUT2D eigenvalue weighted by Gasteiger charge is 2.47. The predicted molar refractivity (Wildman–Crippen MR) is 70.2 cm³/mol. The Hall–Kier alpha value is -0.570. The first-order valence-electron chi connectivity index (χ1n) is 7.54. The monoisotopic (exact) mass is 251 g/mol. The van der Waals surface area contributed by atoms with Gasteiger partial charge < -0.3 is 9.64 Å². The smallest absolute Gasteiger partial charge is 0.225 e. The summed E-state index contributed by atoms with van der Waals surface area (Å²) in [7, 11) is 0. The molecule has 102 valence electrons. The number of likely N-dealkylation sites (tertiary alicyclic amines) is 1. The zero-order valence-corrected chi connectivity index (χ0v) is 11.7. The molecule has 1 saturated carbocycles. The molecule has 3 fully saturated rings. The van der Waals surface area contributed by atoms with Crippen LogP contribution in [0.25, 0.3) is 0 Å². The molecule has 3 rings (SSSR count). The summed E-state index contributed by atoms with van der Waals surface area (Å²) in [5, 5.41) is 0. The zero-order valence-electron chi connectivity index (χ0n) is 11.7. The van der Waals surface area contributed by atoms with Gasteiger partial charge in [0.15, 0.2) is 0 Å². The van der Waals surface area contributed by atoms with Crippen LogP contribution in [-0.4, -0.2) is 36.1 Å². The van der Waals surface area contributed by atoms with E-state index in [1.165, 1.54) is 6.42 Å². The summed E-state index contributed by atoms with van der Waals surface area (Å²) < 4.78 is 6.04. The normalized spacial score (nSPS) is 43.4. The fraction of sp³-hybridized carbons (Fsp3) is 0.933. The molecule has 0 aromatic carbocycles. The molecule has 2 unspecified atom stereocenters. The average molecular weight is 251 g/mol. The number of carbonyl (C=O) groups is 1. The van der Waals surface area contributed by atoms with E-state index < -0.39 is 0 Å². The summed E-state index contributed by atoms with van der Waals surface area (Å²) in [6.07, 6.45) is 5.61. The van der Waals surface area contributed by atoms with Crippen molar-refractivity contribution in [3.63, 3.8) is 0 Å². The molecule has 0 bridgehead atoms. The van der Waals surface area contributed by atoms with E-state index in [0.717, 1.165) is 51.3 Å². The summed E-state index contributed by atoms with van der Waals surface area (Å²) in [4.78, 5) is 14.4. The maximum atomic E-state index is 12.3. The first-order chi connectivity index (χ1) is 8.62. The van der Waals surface area contributed by atoms with Crippen LogP contribution in [0.3, 0.4) is 0 Å². The molecule has 2 aliphatic heterocycles. The van der Waals surface area contributed by atoms with Crippen molar-refractivity contribution < 1.29 is 9.53 Å². The van der Waals surface area contributed by atoms with Gasteiger partial charge in [0.1, 0.15) is 0 Å². The zero-order chi connectivity index (χ0) is 12.8. The highest BCUT2D eigenvalue weighted by molar-refractivity contribution is 5.80. The maximum Gasteiger partial charge on any atom is 0.225 e. The van der Waals surface area contributed by atoms with Gasteiger partial charge in [-0.15, -0.1) is 0 Å². The molecule has 0 radical (unpaired) electrons. The molecule has 1 aliphatic carbocycles. The molecule has 0 aromatic heterocycles. The van der Waals surface area contributed by atoms with Crippen LogP contribution in [0.5, 0.6) is 0 Å². The van der Waals surface area contributed by atoms with E-state index in [-0.39, 0.29) is 5.60 Å². The highest BCUT2D eigenvalue weighted by atomic mass is 16.5. The summed E-state index contributed by atoms with van der Waals surface area (Å²) in [5.74, 6) is 2.18. The Bertz CT molecular complexity index is 337. The minimum absolute atomic E-state index is 0.0195. The summed E-state index contributed by atoms with van der Waals surface area (Å²) in [6, 6.07) is 0. The number of amides is 1. The Balaban J connectivity index is 1.57. The van der Waals surface area contributed by atoms with Gasteiger partial charge in [-0.3, -0.25) is 4.79 Å². The van der Waals surface area contributed by atoms with E-state index in [9.17, 15) is 4.79 Å². The van der Waals surface area contributed by atoms with E-state index in [4.69, 9.17) is 4.74 Å². The lowest BCUT2D eigenvalue weighted by Gasteiger charge is -2.34. The maximum absolute atomic E-state index is 12.3. The molecule has 0 N–H and O–H groups in total. The van der Waals surface area contributed by atoms with Crippen LogP contribution in [0.1, 0.15) is 46.0 Å². The molecule has 1 amide bonds. The van der Waals surface area contributed by atoms with Gasteiger partial charge in [-0.25, -0.2) is 0 Å². The third-order valence-electron chi connectivity index (χ3n) is 5.21. The molecule has 18 heavy (non-hydrogen) atoms. The molecular weight excluding hydrogens is 226 g/mol. The SMILES string of the molecule is CCC1COC2(CCN(C(=O)C3CC(C)C3)C2)C1. The van der Waals surface area contributed by atoms with Gasteiger partial charge in [0.05, 0.1) is 12.2 Å². The van der Waals surface area contributed by atoms with E-state index in [1.807, 2.05) is 0 Å². The fourth-order valence-electron chi connectivity index (χ4n) is 3.88. The Morgan fingerprint density at radius 1 is 1.44 bits per heavy atom. The third kappa shape index (κ3) is 2.07. The number of ether oxygens (including phenoxy) is 1. The molecule has 1 spiro atoms. The first kappa shape index (κ1) is 12.5. The van der Waals surface area contributed by atoms with Crippen LogP contribution in [-0.2, 0) is 9.53 Å². The minimum Gasteiger partial charge on any atom is -0.373 e. The lowest BCUT2D eigenvalue weighted by molar-refractivity contribution is -0.139. The van der Waals surface area contributed by atoms with Gasteiger partial charge in [-0.2, -0.15) is 0 Å². The minimum atomic E-state index is 0.0195. The lowest BCUT2D eigenvalue weighted by atomic mass is 9.75. The van der Waals surface area contributed by atoms with Crippen LogP contribution in [0, 0.1) is 17.8 Å². The molecule has 3 heteroatoms. The van der Waals surface area contributed by atoms with E-state index in [0.29, 0.717) is 17.7 Å². The summed E-state index contributed by atoms with van der Waals surface area (Å²) in [6.45, 7) is 7.15. The molecule has 2 heterocycles. The van der Waals surface area contributed by atoms with Crippen molar-refractivity contribution in [1.29, 1.82) is 0 Å². The van der Waals surface area contributed by atoms with Crippen LogP contribution >= 0.6 is 0 Å². The van der Waals surface area contributed by atoms with Gasteiger partial charge in [0, 0.05) is 19.0 Å². The summed E-state index contributed by atoms with van der Waals surface area (Å²) in [5.41, 5.74) is 0.0195. The first-order valence-corrected chi connectivity index (χ1v) is 7.54. The standard InChI is InChI=1S/C15H25NO2/c1-3-12-8-15(18-9-12)4-5-16(10-15)14(17)13-6-11(2)7-13/h11-13H,3-10H2,1-2H3. The van der Waals surface area contributed by atoms with Crippen LogP contribution in [0.4, 0.5) is 0 Å². The number of rotatable bonds is 2. The van der Waals surface area contributed by atoms with Crippen LogP contribution < -0.4 is 0 Å². The molecule has 3 aliphatic rings. The fourth-order valence-corrected chi connectivity index (χ4v) is 3.88. The highest BCUT2D eigenvalue weighted by Crippen LogP contribution is 2.41. The molecule has 0 aromatic rings. The molecule has 3 nitrogen and oxygen atoms in total. The van der Waals surface area contributed by atoms with Crippen LogP contribution in [0.15, 0.2) is 0 Å². The van der Waals surface area contributed by atoms with Gasteiger partial charge in [-0.1, -0.05) is 20.3 Å². The van der Waals surface area contributed by atoms with Gasteiger partial charge in [0.2, 0.25) is 5.91 Å². The van der Waals surface area contributed by atoms with Gasteiger partial charge in [0.25, 0.3) is 0 Å². The van der Waals surface area contributed by atoms with E-state index in [1.54, 1.807) is 0 Å². The van der Waals surface area contributed by atoms with Crippen molar-refractivity contribution >= 4 is 5.91 Å². The number of hydrogen-bond donors (Lipinski definition) is 0. The van der Waals surface area contributed by atoms with Crippen molar-refractivity contribution in [2.45, 2.75) is 51.6 Å². The number of carbonyl (C=O) groups excluding carboxylic acids is 1. The lowest BCUT2D eigenvalue weighted by Crippen LogP contribution is -2.42. The largest absolute Gasteiger partial charge is 0.373 e. The average Bonchev–Trinajstić information content (AvgIpc) is 2.93. The predicted octanol–water partition coefficient (Wildman–Crippen LogP) is 2.45. The molecule has 2 atom stereocenters. The molecule has 2 saturated heterocycles. The van der Waals surface area contributed by atoms with Crippen molar-refractivity contribution in [2.75, 3.05) is 19.7 Å². The second-order valence-corrected chi connectivity index (χ2v) is 6.76. The van der Waals surface area contributed by atoms with E-state index >= 15 is 0 Å². The van der Waals surface area contributed by atoms with Crippen molar-refractivity contribution in [3.8, 4) is 0 Å². The van der Waals surface area contributed by atoms with Crippen molar-refractivity contribution in [1.82, 2.24) is 4.90 Å². The number of hydrogen-bond acceptors (Lipinski definition) is 2. The quantitative estimate of drug-likeness (QED) is 0.754. The van der Waals surface area contributed by atoms with Gasteiger partial charge >= 0.3 is 0 Å². The topological polar surface area (TPSA) is 29.5 Å². The van der Waals surface area contributed by atoms with Gasteiger partial charge in [-0.05, 0) is 37.5 Å². The second kappa shape index (κ2) is 4.52. The second-order valence-electron chi connectivity index (χ2n) is 6.76. The van der Waals surface area contributed by atoms with Crippen LogP contribution in [0.2, 0.25) is 0 Å². The third-order valence-corrected chi connectivity index (χ3v) is 5.21. The Morgan fingerprint density at radius 3 is 2.83 bits per heavy atom. The number of nitrogens with zero attached hydrogens (tertiary/aromatic N) is 1. The Morgan fingerprint density at radius 2 is 2.22 bits per heavy atom. The summed E-state index contributed by atoms with van der Waals surface area (Å²) >= 11 is 0. The van der Waals surface area contributed by atoms with E-state index in [2.05, 4.69) is 18.7 Å². The van der Waals surface area contributed by atoms with Crippen molar-refractivity contribution in [3.05, 3.63) is 0 Å². The van der Waals surface area contributed by atoms with Crippen molar-refractivity contribution in [2.24, 2.45) is 17.8 Å². The Labute approximate surface area is 110 Å². The molecular formula is C15H25NO2.